The van der Waals surface area contributed by atoms with E-state index in [-0.39, 0.29) is 5.91 Å². The topological polar surface area (TPSA) is 36.4 Å². The highest BCUT2D eigenvalue weighted by atomic mass is 16.2. The molecular formula is C19H23N3O. The molecule has 1 aromatic carbocycles. The van der Waals surface area contributed by atoms with E-state index < -0.39 is 0 Å². The average Bonchev–Trinajstić information content (AvgIpc) is 2.64. The Hall–Kier alpha value is -2.36. The van der Waals surface area contributed by atoms with E-state index >= 15 is 0 Å². The third-order valence-corrected chi connectivity index (χ3v) is 4.31. The second-order valence-corrected chi connectivity index (χ2v) is 5.83. The predicted molar refractivity (Wildman–Crippen MR) is 93.1 cm³/mol. The maximum atomic E-state index is 12.5. The van der Waals surface area contributed by atoms with Crippen molar-refractivity contribution in [3.63, 3.8) is 0 Å². The minimum absolute atomic E-state index is 0.0546. The van der Waals surface area contributed by atoms with E-state index in [1.54, 1.807) is 6.20 Å². The molecule has 0 unspecified atom stereocenters. The van der Waals surface area contributed by atoms with Crippen molar-refractivity contribution in [2.24, 2.45) is 0 Å². The monoisotopic (exact) mass is 309 g/mol. The van der Waals surface area contributed by atoms with E-state index in [0.717, 1.165) is 43.9 Å². The summed E-state index contributed by atoms with van der Waals surface area (Å²) >= 11 is 0. The molecule has 0 atom stereocenters. The highest BCUT2D eigenvalue weighted by molar-refractivity contribution is 5.92. The Labute approximate surface area is 137 Å². The summed E-state index contributed by atoms with van der Waals surface area (Å²) < 4.78 is 0. The van der Waals surface area contributed by atoms with Crippen LogP contribution in [0.3, 0.4) is 0 Å². The number of aromatic nitrogens is 1. The molecule has 4 heteroatoms. The van der Waals surface area contributed by atoms with Crippen molar-refractivity contribution >= 4 is 17.3 Å². The van der Waals surface area contributed by atoms with E-state index in [4.69, 9.17) is 0 Å². The van der Waals surface area contributed by atoms with Crippen LogP contribution in [0.2, 0.25) is 0 Å². The number of carbonyl (C=O) groups is 1. The van der Waals surface area contributed by atoms with Gasteiger partial charge in [-0.1, -0.05) is 18.2 Å². The summed E-state index contributed by atoms with van der Waals surface area (Å²) in [5, 5.41) is 0. The van der Waals surface area contributed by atoms with Crippen molar-refractivity contribution in [3.8, 4) is 0 Å². The van der Waals surface area contributed by atoms with Crippen LogP contribution in [-0.2, 0) is 0 Å². The van der Waals surface area contributed by atoms with Gasteiger partial charge in [-0.25, -0.2) is 4.98 Å². The first kappa shape index (κ1) is 15.5. The Morgan fingerprint density at radius 3 is 2.39 bits per heavy atom. The summed E-state index contributed by atoms with van der Waals surface area (Å²) in [4.78, 5) is 21.0. The van der Waals surface area contributed by atoms with Crippen LogP contribution >= 0.6 is 0 Å². The van der Waals surface area contributed by atoms with Gasteiger partial charge in [0.15, 0.2) is 0 Å². The zero-order chi connectivity index (χ0) is 16.1. The standard InChI is InChI=1S/C19H23N3O/c1-2-22(16-9-5-3-6-10-16)17-11-12-18(20-15-17)19(23)21-13-7-4-8-14-21/h3,5-6,9-12,15H,2,4,7-8,13-14H2,1H3. The molecule has 0 aliphatic carbocycles. The Kier molecular flexibility index (Phi) is 4.91. The second-order valence-electron chi connectivity index (χ2n) is 5.83. The molecule has 23 heavy (non-hydrogen) atoms. The van der Waals surface area contributed by atoms with Crippen molar-refractivity contribution in [1.82, 2.24) is 9.88 Å². The van der Waals surface area contributed by atoms with Crippen LogP contribution in [0.25, 0.3) is 0 Å². The molecule has 0 saturated carbocycles. The molecule has 2 heterocycles. The molecule has 1 fully saturated rings. The lowest BCUT2D eigenvalue weighted by Gasteiger charge is -2.27. The number of amides is 1. The summed E-state index contributed by atoms with van der Waals surface area (Å²) in [6.07, 6.45) is 5.22. The zero-order valence-electron chi connectivity index (χ0n) is 13.6. The number of piperidine rings is 1. The van der Waals surface area contributed by atoms with Crippen LogP contribution < -0.4 is 4.90 Å². The molecule has 120 valence electrons. The Morgan fingerprint density at radius 1 is 1.04 bits per heavy atom. The molecule has 1 amide bonds. The molecule has 0 radical (unpaired) electrons. The highest BCUT2D eigenvalue weighted by Crippen LogP contribution is 2.24. The SMILES string of the molecule is CCN(c1ccccc1)c1ccc(C(=O)N2CCCCC2)nc1. The molecule has 1 aliphatic rings. The van der Waals surface area contributed by atoms with E-state index in [1.165, 1.54) is 6.42 Å². The van der Waals surface area contributed by atoms with Crippen LogP contribution in [0, 0.1) is 0 Å². The first-order valence-corrected chi connectivity index (χ1v) is 8.37. The maximum Gasteiger partial charge on any atom is 0.272 e. The number of hydrogen-bond acceptors (Lipinski definition) is 3. The number of nitrogens with zero attached hydrogens (tertiary/aromatic N) is 3. The molecule has 1 aliphatic heterocycles. The Balaban J connectivity index is 1.77. The predicted octanol–water partition coefficient (Wildman–Crippen LogP) is 3.87. The Bertz CT molecular complexity index is 633. The summed E-state index contributed by atoms with van der Waals surface area (Å²) in [7, 11) is 0. The lowest BCUT2D eigenvalue weighted by Crippen LogP contribution is -2.36. The van der Waals surface area contributed by atoms with Crippen molar-refractivity contribution in [2.75, 3.05) is 24.5 Å². The van der Waals surface area contributed by atoms with Gasteiger partial charge in [0.25, 0.3) is 5.91 Å². The molecule has 3 rings (SSSR count). The fourth-order valence-corrected chi connectivity index (χ4v) is 3.05. The number of hydrogen-bond donors (Lipinski definition) is 0. The third kappa shape index (κ3) is 3.52. The van der Waals surface area contributed by atoms with Gasteiger partial charge in [-0.05, 0) is 50.5 Å². The van der Waals surface area contributed by atoms with Gasteiger partial charge in [-0.15, -0.1) is 0 Å². The van der Waals surface area contributed by atoms with Gasteiger partial charge in [0.05, 0.1) is 11.9 Å². The van der Waals surface area contributed by atoms with Crippen LogP contribution in [-0.4, -0.2) is 35.4 Å². The van der Waals surface area contributed by atoms with Gasteiger partial charge in [0.1, 0.15) is 5.69 Å². The van der Waals surface area contributed by atoms with E-state index in [1.807, 2.05) is 35.2 Å². The summed E-state index contributed by atoms with van der Waals surface area (Å²) in [6.45, 7) is 4.67. The number of rotatable bonds is 4. The minimum Gasteiger partial charge on any atom is -0.341 e. The largest absolute Gasteiger partial charge is 0.341 e. The lowest BCUT2D eigenvalue weighted by atomic mass is 10.1. The minimum atomic E-state index is 0.0546. The van der Waals surface area contributed by atoms with E-state index in [2.05, 4.69) is 28.9 Å². The summed E-state index contributed by atoms with van der Waals surface area (Å²) in [5.41, 5.74) is 2.68. The first-order chi connectivity index (χ1) is 11.3. The molecule has 0 N–H and O–H groups in total. The van der Waals surface area contributed by atoms with Crippen molar-refractivity contribution < 1.29 is 4.79 Å². The molecule has 0 bridgehead atoms. The third-order valence-electron chi connectivity index (χ3n) is 4.31. The smallest absolute Gasteiger partial charge is 0.272 e. The van der Waals surface area contributed by atoms with Crippen molar-refractivity contribution in [2.45, 2.75) is 26.2 Å². The maximum absolute atomic E-state index is 12.5. The number of pyridine rings is 1. The van der Waals surface area contributed by atoms with Gasteiger partial charge in [-0.3, -0.25) is 4.79 Å². The number of carbonyl (C=O) groups excluding carboxylic acids is 1. The number of benzene rings is 1. The van der Waals surface area contributed by atoms with E-state index in [0.29, 0.717) is 5.69 Å². The number of likely N-dealkylation sites (tertiary alicyclic amines) is 1. The van der Waals surface area contributed by atoms with Crippen LogP contribution in [0.5, 0.6) is 0 Å². The molecule has 2 aromatic rings. The first-order valence-electron chi connectivity index (χ1n) is 8.37. The molecule has 4 nitrogen and oxygen atoms in total. The van der Waals surface area contributed by atoms with Crippen molar-refractivity contribution in [1.29, 1.82) is 0 Å². The van der Waals surface area contributed by atoms with Gasteiger partial charge < -0.3 is 9.80 Å². The fourth-order valence-electron chi connectivity index (χ4n) is 3.05. The second kappa shape index (κ2) is 7.27. The van der Waals surface area contributed by atoms with Gasteiger partial charge >= 0.3 is 0 Å². The Morgan fingerprint density at radius 2 is 1.78 bits per heavy atom. The number of para-hydroxylation sites is 1. The van der Waals surface area contributed by atoms with Gasteiger partial charge in [0.2, 0.25) is 0 Å². The van der Waals surface area contributed by atoms with Crippen LogP contribution in [0.1, 0.15) is 36.7 Å². The highest BCUT2D eigenvalue weighted by Gasteiger charge is 2.19. The molecular weight excluding hydrogens is 286 g/mol. The molecule has 0 spiro atoms. The summed E-state index contributed by atoms with van der Waals surface area (Å²) in [6, 6.07) is 14.1. The van der Waals surface area contributed by atoms with E-state index in [9.17, 15) is 4.79 Å². The lowest BCUT2D eigenvalue weighted by molar-refractivity contribution is 0.0718. The zero-order valence-corrected chi connectivity index (χ0v) is 13.6. The molecule has 1 aromatic heterocycles. The molecule has 1 saturated heterocycles. The van der Waals surface area contributed by atoms with Crippen molar-refractivity contribution in [3.05, 3.63) is 54.4 Å². The average molecular weight is 309 g/mol. The fraction of sp³-hybridized carbons (Fsp3) is 0.368. The van der Waals surface area contributed by atoms with Gasteiger partial charge in [-0.2, -0.15) is 0 Å². The normalized spacial score (nSPS) is 14.6. The van der Waals surface area contributed by atoms with Crippen LogP contribution in [0.4, 0.5) is 11.4 Å². The van der Waals surface area contributed by atoms with Crippen LogP contribution in [0.15, 0.2) is 48.7 Å². The summed E-state index contributed by atoms with van der Waals surface area (Å²) in [5.74, 6) is 0.0546. The number of anilines is 2. The quantitative estimate of drug-likeness (QED) is 0.860. The van der Waals surface area contributed by atoms with Gasteiger partial charge in [0, 0.05) is 25.3 Å².